The van der Waals surface area contributed by atoms with Crippen molar-refractivity contribution in [1.82, 2.24) is 0 Å². The fourth-order valence-electron chi connectivity index (χ4n) is 1.51. The third-order valence-electron chi connectivity index (χ3n) is 2.40. The molecule has 0 aliphatic rings. The van der Waals surface area contributed by atoms with Crippen molar-refractivity contribution in [3.63, 3.8) is 0 Å². The van der Waals surface area contributed by atoms with Crippen molar-refractivity contribution >= 4 is 0 Å². The highest BCUT2D eigenvalue weighted by Gasteiger charge is 2.05. The molecular weight excluding hydrogens is 203 g/mol. The Hall–Kier alpha value is -1.83. The van der Waals surface area contributed by atoms with Crippen LogP contribution in [0.25, 0.3) is 0 Å². The first-order valence-corrected chi connectivity index (χ1v) is 5.23. The average molecular weight is 216 g/mol. The van der Waals surface area contributed by atoms with Crippen LogP contribution in [0.5, 0.6) is 5.75 Å². The van der Waals surface area contributed by atoms with Crippen LogP contribution >= 0.6 is 0 Å². The highest BCUT2D eigenvalue weighted by Crippen LogP contribution is 2.21. The van der Waals surface area contributed by atoms with E-state index in [9.17, 15) is 4.39 Å². The molecule has 82 valence electrons. The van der Waals surface area contributed by atoms with Crippen LogP contribution in [0.1, 0.15) is 18.6 Å². The lowest BCUT2D eigenvalue weighted by Crippen LogP contribution is -2.02. The Balaban J connectivity index is 2.08. The minimum atomic E-state index is -0.250. The van der Waals surface area contributed by atoms with Gasteiger partial charge in [0.2, 0.25) is 0 Å². The average Bonchev–Trinajstić information content (AvgIpc) is 2.33. The molecule has 0 N–H and O–H groups in total. The second-order valence-electron chi connectivity index (χ2n) is 3.62. The molecule has 0 saturated carbocycles. The van der Waals surface area contributed by atoms with Gasteiger partial charge in [-0.2, -0.15) is 0 Å². The predicted octanol–water partition coefficient (Wildman–Crippen LogP) is 3.97. The maximum atomic E-state index is 12.7. The molecule has 0 heterocycles. The molecule has 1 nitrogen and oxygen atoms in total. The molecule has 0 aromatic heterocycles. The van der Waals surface area contributed by atoms with Crippen molar-refractivity contribution in [3.8, 4) is 5.75 Å². The highest BCUT2D eigenvalue weighted by molar-refractivity contribution is 5.24. The van der Waals surface area contributed by atoms with Crippen LogP contribution in [0, 0.1) is 5.82 Å². The van der Waals surface area contributed by atoms with Gasteiger partial charge in [0.25, 0.3) is 0 Å². The van der Waals surface area contributed by atoms with E-state index in [-0.39, 0.29) is 11.9 Å². The standard InChI is InChI=1S/C14H13FO/c1-11(12-5-3-2-4-6-12)16-14-9-7-13(15)8-10-14/h2-11H,1H3. The maximum Gasteiger partial charge on any atom is 0.123 e. The number of ether oxygens (including phenoxy) is 1. The fourth-order valence-corrected chi connectivity index (χ4v) is 1.51. The molecule has 0 spiro atoms. The summed E-state index contributed by atoms with van der Waals surface area (Å²) >= 11 is 0. The van der Waals surface area contributed by atoms with Crippen LogP contribution < -0.4 is 4.74 Å². The van der Waals surface area contributed by atoms with E-state index in [1.54, 1.807) is 12.1 Å². The first-order chi connectivity index (χ1) is 7.75. The molecule has 0 amide bonds. The van der Waals surface area contributed by atoms with E-state index in [2.05, 4.69) is 0 Å². The zero-order valence-corrected chi connectivity index (χ0v) is 9.06. The maximum absolute atomic E-state index is 12.7. The number of rotatable bonds is 3. The summed E-state index contributed by atoms with van der Waals surface area (Å²) in [5, 5.41) is 0. The molecule has 2 heteroatoms. The van der Waals surface area contributed by atoms with Gasteiger partial charge in [0, 0.05) is 0 Å². The number of halogens is 1. The van der Waals surface area contributed by atoms with E-state index >= 15 is 0 Å². The lowest BCUT2D eigenvalue weighted by atomic mass is 10.1. The number of benzene rings is 2. The normalized spacial score (nSPS) is 12.1. The van der Waals surface area contributed by atoms with E-state index in [4.69, 9.17) is 4.74 Å². The Morgan fingerprint density at radius 2 is 1.56 bits per heavy atom. The lowest BCUT2D eigenvalue weighted by molar-refractivity contribution is 0.226. The van der Waals surface area contributed by atoms with Crippen molar-refractivity contribution < 1.29 is 9.13 Å². The summed E-state index contributed by atoms with van der Waals surface area (Å²) in [5.41, 5.74) is 1.10. The molecule has 16 heavy (non-hydrogen) atoms. The van der Waals surface area contributed by atoms with Crippen molar-refractivity contribution in [3.05, 3.63) is 66.0 Å². The van der Waals surface area contributed by atoms with Crippen LogP contribution in [0.4, 0.5) is 4.39 Å². The van der Waals surface area contributed by atoms with E-state index in [1.165, 1.54) is 12.1 Å². The topological polar surface area (TPSA) is 9.23 Å². The Morgan fingerprint density at radius 3 is 2.19 bits per heavy atom. The molecular formula is C14H13FO. The van der Waals surface area contributed by atoms with Crippen molar-refractivity contribution in [2.24, 2.45) is 0 Å². The smallest absolute Gasteiger partial charge is 0.123 e. The molecule has 0 aliphatic carbocycles. The van der Waals surface area contributed by atoms with Crippen molar-refractivity contribution in [1.29, 1.82) is 0 Å². The minimum absolute atomic E-state index is 0.0355. The molecule has 0 aliphatic heterocycles. The molecule has 2 aromatic rings. The summed E-state index contributed by atoms with van der Waals surface area (Å²) in [4.78, 5) is 0. The minimum Gasteiger partial charge on any atom is -0.486 e. The molecule has 2 rings (SSSR count). The van der Waals surface area contributed by atoms with Gasteiger partial charge in [0.15, 0.2) is 0 Å². The molecule has 0 fully saturated rings. The summed E-state index contributed by atoms with van der Waals surface area (Å²) < 4.78 is 18.4. The van der Waals surface area contributed by atoms with Gasteiger partial charge < -0.3 is 4.74 Å². The van der Waals surface area contributed by atoms with Gasteiger partial charge in [0.1, 0.15) is 17.7 Å². The highest BCUT2D eigenvalue weighted by atomic mass is 19.1. The van der Waals surface area contributed by atoms with Crippen LogP contribution in [0.3, 0.4) is 0 Å². The third-order valence-corrected chi connectivity index (χ3v) is 2.40. The number of hydrogen-bond donors (Lipinski definition) is 0. The van der Waals surface area contributed by atoms with Crippen LogP contribution in [0.2, 0.25) is 0 Å². The summed E-state index contributed by atoms with van der Waals surface area (Å²) in [5.74, 6) is 0.428. The monoisotopic (exact) mass is 216 g/mol. The van der Waals surface area contributed by atoms with E-state index in [0.717, 1.165) is 5.56 Å². The zero-order chi connectivity index (χ0) is 11.4. The second kappa shape index (κ2) is 4.79. The van der Waals surface area contributed by atoms with Gasteiger partial charge in [-0.25, -0.2) is 4.39 Å². The first-order valence-electron chi connectivity index (χ1n) is 5.23. The molecule has 0 saturated heterocycles. The first kappa shape index (κ1) is 10.7. The second-order valence-corrected chi connectivity index (χ2v) is 3.62. The van der Waals surface area contributed by atoms with Gasteiger partial charge >= 0.3 is 0 Å². The summed E-state index contributed by atoms with van der Waals surface area (Å²) in [6.45, 7) is 1.97. The van der Waals surface area contributed by atoms with Gasteiger partial charge in [0.05, 0.1) is 0 Å². The van der Waals surface area contributed by atoms with Gasteiger partial charge in [-0.15, -0.1) is 0 Å². The Labute approximate surface area is 94.5 Å². The molecule has 0 bridgehead atoms. The van der Waals surface area contributed by atoms with Crippen molar-refractivity contribution in [2.75, 3.05) is 0 Å². The lowest BCUT2D eigenvalue weighted by Gasteiger charge is -2.14. The van der Waals surface area contributed by atoms with Gasteiger partial charge in [-0.1, -0.05) is 30.3 Å². The van der Waals surface area contributed by atoms with Gasteiger partial charge in [-0.3, -0.25) is 0 Å². The van der Waals surface area contributed by atoms with Crippen molar-refractivity contribution in [2.45, 2.75) is 13.0 Å². The van der Waals surface area contributed by atoms with E-state index in [0.29, 0.717) is 5.75 Å². The summed E-state index contributed by atoms with van der Waals surface area (Å²) in [7, 11) is 0. The Morgan fingerprint density at radius 1 is 0.938 bits per heavy atom. The zero-order valence-electron chi connectivity index (χ0n) is 9.06. The Bertz CT molecular complexity index is 436. The molecule has 1 unspecified atom stereocenters. The third kappa shape index (κ3) is 2.60. The van der Waals surface area contributed by atoms with Crippen LogP contribution in [-0.2, 0) is 0 Å². The number of hydrogen-bond acceptors (Lipinski definition) is 1. The van der Waals surface area contributed by atoms with E-state index < -0.39 is 0 Å². The molecule has 1 atom stereocenters. The van der Waals surface area contributed by atoms with Crippen LogP contribution in [0.15, 0.2) is 54.6 Å². The SMILES string of the molecule is CC(Oc1ccc(F)cc1)c1ccccc1. The van der Waals surface area contributed by atoms with Gasteiger partial charge in [-0.05, 0) is 36.8 Å². The Kier molecular flexibility index (Phi) is 3.20. The fraction of sp³-hybridized carbons (Fsp3) is 0.143. The largest absolute Gasteiger partial charge is 0.486 e. The quantitative estimate of drug-likeness (QED) is 0.754. The summed E-state index contributed by atoms with van der Waals surface area (Å²) in [6.07, 6.45) is -0.0355. The molecule has 2 aromatic carbocycles. The molecule has 0 radical (unpaired) electrons. The summed E-state index contributed by atoms with van der Waals surface area (Å²) in [6, 6.07) is 16.0. The van der Waals surface area contributed by atoms with Crippen LogP contribution in [-0.4, -0.2) is 0 Å². The predicted molar refractivity (Wildman–Crippen MR) is 61.9 cm³/mol. The van der Waals surface area contributed by atoms with E-state index in [1.807, 2.05) is 37.3 Å².